The van der Waals surface area contributed by atoms with Crippen molar-refractivity contribution in [1.29, 1.82) is 0 Å². The summed E-state index contributed by atoms with van der Waals surface area (Å²) in [7, 11) is 0. The van der Waals surface area contributed by atoms with Gasteiger partial charge in [0, 0.05) is 18.2 Å². The zero-order valence-corrected chi connectivity index (χ0v) is 16.5. The van der Waals surface area contributed by atoms with Crippen LogP contribution in [0.2, 0.25) is 5.15 Å². The Bertz CT molecular complexity index is 775. The Balaban J connectivity index is 1.82. The molecule has 6 nitrogen and oxygen atoms in total. The van der Waals surface area contributed by atoms with Gasteiger partial charge in [-0.2, -0.15) is 0 Å². The van der Waals surface area contributed by atoms with Crippen molar-refractivity contribution >= 4 is 28.5 Å². The molecule has 1 aliphatic heterocycles. The zero-order valence-electron chi connectivity index (χ0n) is 14.9. The van der Waals surface area contributed by atoms with Crippen LogP contribution in [-0.4, -0.2) is 45.0 Å². The van der Waals surface area contributed by atoms with Crippen LogP contribution >= 0.6 is 11.6 Å². The van der Waals surface area contributed by atoms with Crippen LogP contribution in [0.4, 0.5) is 5.82 Å². The minimum absolute atomic E-state index is 0.242. The first-order valence-electron chi connectivity index (χ1n) is 8.75. The molecule has 1 aliphatic rings. The van der Waals surface area contributed by atoms with Gasteiger partial charge in [-0.3, -0.25) is 0 Å². The van der Waals surface area contributed by atoms with Crippen LogP contribution < -0.4 is 9.50 Å². The highest BCUT2D eigenvalue weighted by Gasteiger charge is 2.23. The van der Waals surface area contributed by atoms with Crippen LogP contribution in [0.5, 0.6) is 5.75 Å². The first-order chi connectivity index (χ1) is 12.6. The highest BCUT2D eigenvalue weighted by Crippen LogP contribution is 2.32. The maximum Gasteiger partial charge on any atom is 0.240 e. The van der Waals surface area contributed by atoms with E-state index in [1.807, 2.05) is 18.2 Å². The summed E-state index contributed by atoms with van der Waals surface area (Å²) in [6.45, 7) is 7.01. The second-order valence-electron chi connectivity index (χ2n) is 6.30. The van der Waals surface area contributed by atoms with Crippen molar-refractivity contribution in [2.24, 2.45) is 0 Å². The maximum absolute atomic E-state index is 12.6. The minimum Gasteiger partial charge on any atom is -0.393 e. The lowest BCUT2D eigenvalue weighted by molar-refractivity contribution is 0.226. The summed E-state index contributed by atoms with van der Waals surface area (Å²) in [6, 6.07) is 9.27. The number of hydrogen-bond acceptors (Lipinski definition) is 6. The Morgan fingerprint density at radius 2 is 2.12 bits per heavy atom. The van der Waals surface area contributed by atoms with E-state index in [9.17, 15) is 4.21 Å². The quantitative estimate of drug-likeness (QED) is 0.809. The number of halogens is 1. The van der Waals surface area contributed by atoms with Gasteiger partial charge in [-0.1, -0.05) is 36.7 Å². The molecule has 1 aromatic carbocycles. The molecular formula is C18H23ClN4O2S. The first-order valence-corrected chi connectivity index (χ1v) is 10.2. The average molecular weight is 395 g/mol. The molecule has 0 amide bonds. The number of hydrogen-bond donors (Lipinski definition) is 1. The predicted octanol–water partition coefficient (Wildman–Crippen LogP) is 3.44. The van der Waals surface area contributed by atoms with E-state index in [0.29, 0.717) is 22.0 Å². The van der Waals surface area contributed by atoms with E-state index in [-0.39, 0.29) is 11.2 Å². The number of rotatable bonds is 6. The SMILES string of the molecule is CCN1CCC[C@@H](Nc2nnc(Cl)c(C)c2OS(=O)c2ccccc2)C1. The van der Waals surface area contributed by atoms with Crippen molar-refractivity contribution in [3.05, 3.63) is 41.0 Å². The molecule has 0 bridgehead atoms. The van der Waals surface area contributed by atoms with E-state index in [1.54, 1.807) is 19.1 Å². The molecule has 3 rings (SSSR count). The van der Waals surface area contributed by atoms with Crippen molar-refractivity contribution in [2.75, 3.05) is 25.0 Å². The predicted molar refractivity (Wildman–Crippen MR) is 104 cm³/mol. The van der Waals surface area contributed by atoms with E-state index in [0.717, 1.165) is 32.5 Å². The van der Waals surface area contributed by atoms with Crippen molar-refractivity contribution in [3.63, 3.8) is 0 Å². The molecular weight excluding hydrogens is 372 g/mol. The molecule has 1 fully saturated rings. The Labute approximate surface area is 161 Å². The standard InChI is InChI=1S/C18H23ClN4O2S/c1-3-23-11-7-8-14(12-23)20-18-16(13(2)17(19)21-22-18)25-26(24)15-9-5-4-6-10-15/h4-6,9-10,14H,3,7-8,11-12H2,1-2H3,(H,20,22)/t14-,26?/m1/s1. The fourth-order valence-electron chi connectivity index (χ4n) is 2.99. The second kappa shape index (κ2) is 8.79. The zero-order chi connectivity index (χ0) is 18.5. The number of piperidine rings is 1. The van der Waals surface area contributed by atoms with Crippen LogP contribution in [0.15, 0.2) is 35.2 Å². The molecule has 140 valence electrons. The molecule has 1 N–H and O–H groups in total. The van der Waals surface area contributed by atoms with Crippen LogP contribution in [-0.2, 0) is 11.1 Å². The smallest absolute Gasteiger partial charge is 0.240 e. The van der Waals surface area contributed by atoms with E-state index < -0.39 is 11.1 Å². The fraction of sp³-hybridized carbons (Fsp3) is 0.444. The lowest BCUT2D eigenvalue weighted by Crippen LogP contribution is -2.42. The van der Waals surface area contributed by atoms with E-state index in [4.69, 9.17) is 15.8 Å². The molecule has 0 spiro atoms. The lowest BCUT2D eigenvalue weighted by Gasteiger charge is -2.32. The van der Waals surface area contributed by atoms with Gasteiger partial charge in [0.15, 0.2) is 16.7 Å². The molecule has 1 aromatic heterocycles. The van der Waals surface area contributed by atoms with Gasteiger partial charge in [-0.25, -0.2) is 4.21 Å². The molecule has 2 aromatic rings. The Hall–Kier alpha value is -1.70. The summed E-state index contributed by atoms with van der Waals surface area (Å²) in [5.74, 6) is 0.875. The summed E-state index contributed by atoms with van der Waals surface area (Å²) in [5, 5.41) is 11.8. The van der Waals surface area contributed by atoms with Gasteiger partial charge in [0.25, 0.3) is 0 Å². The number of nitrogens with one attached hydrogen (secondary N) is 1. The normalized spacial score (nSPS) is 19.1. The molecule has 1 saturated heterocycles. The van der Waals surface area contributed by atoms with Crippen molar-refractivity contribution in [2.45, 2.75) is 37.6 Å². The number of likely N-dealkylation sites (tertiary alicyclic amines) is 1. The van der Waals surface area contributed by atoms with Crippen molar-refractivity contribution in [3.8, 4) is 5.75 Å². The highest BCUT2D eigenvalue weighted by molar-refractivity contribution is 7.80. The monoisotopic (exact) mass is 394 g/mol. The van der Waals surface area contributed by atoms with Crippen molar-refractivity contribution in [1.82, 2.24) is 15.1 Å². The molecule has 1 unspecified atom stereocenters. The number of anilines is 1. The van der Waals surface area contributed by atoms with E-state index in [1.165, 1.54) is 0 Å². The molecule has 0 saturated carbocycles. The number of benzene rings is 1. The first kappa shape index (κ1) is 19.1. The van der Waals surface area contributed by atoms with E-state index in [2.05, 4.69) is 27.3 Å². The van der Waals surface area contributed by atoms with Crippen LogP contribution in [0, 0.1) is 6.92 Å². The molecule has 2 heterocycles. The van der Waals surface area contributed by atoms with Gasteiger partial charge in [-0.15, -0.1) is 10.2 Å². The summed E-state index contributed by atoms with van der Waals surface area (Å²) in [5.41, 5.74) is 0.622. The van der Waals surface area contributed by atoms with E-state index >= 15 is 0 Å². The molecule has 0 radical (unpaired) electrons. The van der Waals surface area contributed by atoms with Gasteiger partial charge >= 0.3 is 0 Å². The molecule has 26 heavy (non-hydrogen) atoms. The Kier molecular flexibility index (Phi) is 6.45. The Morgan fingerprint density at radius 3 is 2.85 bits per heavy atom. The van der Waals surface area contributed by atoms with Gasteiger partial charge in [-0.05, 0) is 45.0 Å². The third-order valence-electron chi connectivity index (χ3n) is 4.49. The average Bonchev–Trinajstić information content (AvgIpc) is 2.68. The molecule has 2 atom stereocenters. The second-order valence-corrected chi connectivity index (χ2v) is 7.77. The fourth-order valence-corrected chi connectivity index (χ4v) is 3.95. The highest BCUT2D eigenvalue weighted by atomic mass is 35.5. The van der Waals surface area contributed by atoms with Crippen LogP contribution in [0.3, 0.4) is 0 Å². The third-order valence-corrected chi connectivity index (χ3v) is 5.83. The minimum atomic E-state index is -1.66. The number of nitrogens with zero attached hydrogens (tertiary/aromatic N) is 3. The summed E-state index contributed by atoms with van der Waals surface area (Å²) >= 11 is 4.46. The maximum atomic E-state index is 12.6. The van der Waals surface area contributed by atoms with Gasteiger partial charge in [0.05, 0.1) is 4.90 Å². The van der Waals surface area contributed by atoms with Crippen LogP contribution in [0.1, 0.15) is 25.3 Å². The van der Waals surface area contributed by atoms with Crippen LogP contribution in [0.25, 0.3) is 0 Å². The summed E-state index contributed by atoms with van der Waals surface area (Å²) < 4.78 is 18.3. The summed E-state index contributed by atoms with van der Waals surface area (Å²) in [4.78, 5) is 2.97. The largest absolute Gasteiger partial charge is 0.393 e. The van der Waals surface area contributed by atoms with Gasteiger partial charge in [0.2, 0.25) is 11.1 Å². The number of likely N-dealkylation sites (N-methyl/N-ethyl adjacent to an activating group) is 1. The molecule has 8 heteroatoms. The summed E-state index contributed by atoms with van der Waals surface area (Å²) in [6.07, 6.45) is 2.17. The van der Waals surface area contributed by atoms with Gasteiger partial charge < -0.3 is 14.4 Å². The number of aromatic nitrogens is 2. The Morgan fingerprint density at radius 1 is 1.35 bits per heavy atom. The van der Waals surface area contributed by atoms with Gasteiger partial charge in [0.1, 0.15) is 0 Å². The topological polar surface area (TPSA) is 67.3 Å². The van der Waals surface area contributed by atoms with Crippen molar-refractivity contribution < 1.29 is 8.39 Å². The molecule has 0 aliphatic carbocycles. The third kappa shape index (κ3) is 4.52. The lowest BCUT2D eigenvalue weighted by atomic mass is 10.1.